The Bertz CT molecular complexity index is 497. The van der Waals surface area contributed by atoms with Crippen molar-refractivity contribution in [2.45, 2.75) is 18.9 Å². The third kappa shape index (κ3) is 3.08. The average Bonchev–Trinajstić information content (AvgIpc) is 2.88. The average molecular weight is 284 g/mol. The summed E-state index contributed by atoms with van der Waals surface area (Å²) >= 11 is 12.3. The summed E-state index contributed by atoms with van der Waals surface area (Å²) in [5.74, 6) is 0.980. The van der Waals surface area contributed by atoms with Gasteiger partial charge in [-0.25, -0.2) is 0 Å². The second-order valence-electron chi connectivity index (χ2n) is 4.10. The van der Waals surface area contributed by atoms with Crippen molar-refractivity contribution < 1.29 is 4.42 Å². The summed E-state index contributed by atoms with van der Waals surface area (Å²) in [6.07, 6.45) is 3.46. The fourth-order valence-corrected chi connectivity index (χ4v) is 2.43. The first-order valence-corrected chi connectivity index (χ1v) is 6.61. The number of hydrogen-bond acceptors (Lipinski definition) is 2. The highest BCUT2D eigenvalue weighted by Gasteiger charge is 2.15. The molecule has 18 heavy (non-hydrogen) atoms. The number of hydrogen-bond donors (Lipinski definition) is 1. The van der Waals surface area contributed by atoms with Gasteiger partial charge in [0.1, 0.15) is 5.76 Å². The molecule has 1 aromatic heterocycles. The lowest BCUT2D eigenvalue weighted by Gasteiger charge is -2.18. The summed E-state index contributed by atoms with van der Waals surface area (Å²) in [5.41, 5.74) is 1.03. The van der Waals surface area contributed by atoms with Gasteiger partial charge in [-0.3, -0.25) is 0 Å². The van der Waals surface area contributed by atoms with Gasteiger partial charge in [-0.1, -0.05) is 35.3 Å². The summed E-state index contributed by atoms with van der Waals surface area (Å²) in [7, 11) is 1.92. The summed E-state index contributed by atoms with van der Waals surface area (Å²) in [5, 5.41) is 4.48. The summed E-state index contributed by atoms with van der Waals surface area (Å²) < 4.78 is 5.33. The van der Waals surface area contributed by atoms with Crippen molar-refractivity contribution in [2.75, 3.05) is 7.05 Å². The molecule has 1 atom stereocenters. The van der Waals surface area contributed by atoms with Crippen molar-refractivity contribution in [1.82, 2.24) is 5.32 Å². The molecular weight excluding hydrogens is 269 g/mol. The maximum absolute atomic E-state index is 6.23. The van der Waals surface area contributed by atoms with Gasteiger partial charge in [0.25, 0.3) is 0 Å². The minimum atomic E-state index is 0.168. The molecule has 0 aliphatic carbocycles. The molecule has 0 aliphatic rings. The molecular formula is C14H15Cl2NO. The SMILES string of the molecule is CNC(CCc1ccco1)c1cccc(Cl)c1Cl. The van der Waals surface area contributed by atoms with E-state index in [1.807, 2.05) is 31.3 Å². The van der Waals surface area contributed by atoms with E-state index in [1.54, 1.807) is 12.3 Å². The molecule has 0 radical (unpaired) electrons. The Morgan fingerprint density at radius 1 is 1.22 bits per heavy atom. The zero-order valence-corrected chi connectivity index (χ0v) is 11.6. The number of furan rings is 1. The number of nitrogens with one attached hydrogen (secondary N) is 1. The Labute approximate surface area is 117 Å². The van der Waals surface area contributed by atoms with Gasteiger partial charge in [0, 0.05) is 12.5 Å². The van der Waals surface area contributed by atoms with Gasteiger partial charge in [0.05, 0.1) is 16.3 Å². The van der Waals surface area contributed by atoms with Crippen LogP contribution in [0.3, 0.4) is 0 Å². The number of benzene rings is 1. The lowest BCUT2D eigenvalue weighted by Crippen LogP contribution is -2.17. The summed E-state index contributed by atoms with van der Waals surface area (Å²) in [4.78, 5) is 0. The molecule has 1 heterocycles. The van der Waals surface area contributed by atoms with Crippen LogP contribution in [0.4, 0.5) is 0 Å². The lowest BCUT2D eigenvalue weighted by atomic mass is 10.0. The van der Waals surface area contributed by atoms with Crippen LogP contribution in [-0.4, -0.2) is 7.05 Å². The third-order valence-corrected chi connectivity index (χ3v) is 3.80. The quantitative estimate of drug-likeness (QED) is 0.875. The third-order valence-electron chi connectivity index (χ3n) is 2.96. The van der Waals surface area contributed by atoms with E-state index >= 15 is 0 Å². The van der Waals surface area contributed by atoms with Crippen LogP contribution >= 0.6 is 23.2 Å². The summed E-state index contributed by atoms with van der Waals surface area (Å²) in [6, 6.07) is 9.76. The van der Waals surface area contributed by atoms with E-state index in [0.717, 1.165) is 24.2 Å². The van der Waals surface area contributed by atoms with Crippen molar-refractivity contribution in [1.29, 1.82) is 0 Å². The molecule has 1 N–H and O–H groups in total. The van der Waals surface area contributed by atoms with Gasteiger partial charge in [-0.15, -0.1) is 0 Å². The van der Waals surface area contributed by atoms with E-state index in [1.165, 1.54) is 0 Å². The van der Waals surface area contributed by atoms with Gasteiger partial charge >= 0.3 is 0 Å². The summed E-state index contributed by atoms with van der Waals surface area (Å²) in [6.45, 7) is 0. The maximum Gasteiger partial charge on any atom is 0.103 e. The molecule has 2 nitrogen and oxygen atoms in total. The Morgan fingerprint density at radius 3 is 2.72 bits per heavy atom. The molecule has 1 unspecified atom stereocenters. The Morgan fingerprint density at radius 2 is 2.06 bits per heavy atom. The van der Waals surface area contributed by atoms with Crippen LogP contribution in [0.2, 0.25) is 10.0 Å². The van der Waals surface area contributed by atoms with Crippen molar-refractivity contribution in [3.8, 4) is 0 Å². The molecule has 0 saturated carbocycles. The molecule has 0 spiro atoms. The molecule has 4 heteroatoms. The zero-order chi connectivity index (χ0) is 13.0. The van der Waals surface area contributed by atoms with Crippen LogP contribution in [0.25, 0.3) is 0 Å². The highest BCUT2D eigenvalue weighted by atomic mass is 35.5. The van der Waals surface area contributed by atoms with Crippen molar-refractivity contribution in [2.24, 2.45) is 0 Å². The topological polar surface area (TPSA) is 25.2 Å². The zero-order valence-electron chi connectivity index (χ0n) is 10.1. The van der Waals surface area contributed by atoms with Crippen LogP contribution in [0.15, 0.2) is 41.0 Å². The predicted molar refractivity (Wildman–Crippen MR) is 75.3 cm³/mol. The van der Waals surface area contributed by atoms with Crippen LogP contribution in [0.1, 0.15) is 23.8 Å². The first-order chi connectivity index (χ1) is 8.72. The Hall–Kier alpha value is -0.960. The van der Waals surface area contributed by atoms with E-state index in [2.05, 4.69) is 5.32 Å². The highest BCUT2D eigenvalue weighted by Crippen LogP contribution is 2.31. The highest BCUT2D eigenvalue weighted by molar-refractivity contribution is 6.42. The molecule has 2 aromatic rings. The number of halogens is 2. The van der Waals surface area contributed by atoms with E-state index in [9.17, 15) is 0 Å². The van der Waals surface area contributed by atoms with Gasteiger partial charge in [-0.2, -0.15) is 0 Å². The standard InChI is InChI=1S/C14H15Cl2NO/c1-17-13(8-7-10-4-3-9-18-10)11-5-2-6-12(15)14(11)16/h2-6,9,13,17H,7-8H2,1H3. The Kier molecular flexibility index (Phi) is 4.70. The van der Waals surface area contributed by atoms with Gasteiger partial charge in [0.15, 0.2) is 0 Å². The molecule has 1 aromatic carbocycles. The first-order valence-electron chi connectivity index (χ1n) is 5.86. The van der Waals surface area contributed by atoms with E-state index < -0.39 is 0 Å². The Balaban J connectivity index is 2.10. The van der Waals surface area contributed by atoms with Crippen molar-refractivity contribution in [3.63, 3.8) is 0 Å². The molecule has 96 valence electrons. The van der Waals surface area contributed by atoms with Crippen LogP contribution < -0.4 is 5.32 Å². The van der Waals surface area contributed by atoms with Crippen LogP contribution in [0, 0.1) is 0 Å². The largest absolute Gasteiger partial charge is 0.469 e. The fraction of sp³-hybridized carbons (Fsp3) is 0.286. The number of rotatable bonds is 5. The molecule has 0 bridgehead atoms. The second-order valence-corrected chi connectivity index (χ2v) is 4.89. The molecule has 0 aliphatic heterocycles. The second kappa shape index (κ2) is 6.28. The van der Waals surface area contributed by atoms with Crippen LogP contribution in [-0.2, 0) is 6.42 Å². The minimum absolute atomic E-state index is 0.168. The van der Waals surface area contributed by atoms with Crippen LogP contribution in [0.5, 0.6) is 0 Å². The maximum atomic E-state index is 6.23. The predicted octanol–water partition coefficient (Wildman–Crippen LogP) is 4.48. The van der Waals surface area contributed by atoms with Crippen molar-refractivity contribution >= 4 is 23.2 Å². The monoisotopic (exact) mass is 283 g/mol. The molecule has 0 fully saturated rings. The molecule has 0 amide bonds. The van der Waals surface area contributed by atoms with E-state index in [4.69, 9.17) is 27.6 Å². The number of aryl methyl sites for hydroxylation is 1. The molecule has 2 rings (SSSR count). The minimum Gasteiger partial charge on any atom is -0.469 e. The first kappa shape index (κ1) is 13.5. The smallest absolute Gasteiger partial charge is 0.103 e. The van der Waals surface area contributed by atoms with Gasteiger partial charge < -0.3 is 9.73 Å². The molecule has 0 saturated heterocycles. The normalized spacial score (nSPS) is 12.6. The van der Waals surface area contributed by atoms with Gasteiger partial charge in [0.2, 0.25) is 0 Å². The fourth-order valence-electron chi connectivity index (χ4n) is 1.99. The van der Waals surface area contributed by atoms with Crippen molar-refractivity contribution in [3.05, 3.63) is 58.0 Å². The van der Waals surface area contributed by atoms with Gasteiger partial charge in [-0.05, 0) is 37.2 Å². The lowest BCUT2D eigenvalue weighted by molar-refractivity contribution is 0.469. The van der Waals surface area contributed by atoms with E-state index in [0.29, 0.717) is 10.0 Å². The van der Waals surface area contributed by atoms with E-state index in [-0.39, 0.29) is 6.04 Å².